The van der Waals surface area contributed by atoms with Crippen LogP contribution in [0.1, 0.15) is 23.7 Å². The van der Waals surface area contributed by atoms with E-state index >= 15 is 0 Å². The zero-order valence-corrected chi connectivity index (χ0v) is 16.8. The van der Waals surface area contributed by atoms with E-state index in [1.54, 1.807) is 12.4 Å². The van der Waals surface area contributed by atoms with E-state index in [0.717, 1.165) is 34.4 Å². The number of anilines is 2. The quantitative estimate of drug-likeness (QED) is 0.520. The highest BCUT2D eigenvalue weighted by Crippen LogP contribution is 2.38. The van der Waals surface area contributed by atoms with Gasteiger partial charge in [0, 0.05) is 34.2 Å². The molecule has 0 radical (unpaired) electrons. The second-order valence-corrected chi connectivity index (χ2v) is 7.73. The average Bonchev–Trinajstić information content (AvgIpc) is 3.27. The molecule has 1 unspecified atom stereocenters. The molecule has 0 saturated heterocycles. The minimum absolute atomic E-state index is 0.0593. The molecule has 4 aromatic rings. The Balaban J connectivity index is 1.45. The third-order valence-electron chi connectivity index (χ3n) is 5.44. The zero-order chi connectivity index (χ0) is 20.5. The number of aromatic nitrogens is 4. The predicted octanol–water partition coefficient (Wildman–Crippen LogP) is 4.14. The highest BCUT2D eigenvalue weighted by atomic mass is 35.5. The van der Waals surface area contributed by atoms with Crippen molar-refractivity contribution in [3.63, 3.8) is 0 Å². The Labute approximate surface area is 178 Å². The van der Waals surface area contributed by atoms with E-state index < -0.39 is 0 Å². The fourth-order valence-electron chi connectivity index (χ4n) is 4.01. The van der Waals surface area contributed by atoms with Gasteiger partial charge in [0.15, 0.2) is 0 Å². The molecule has 3 heterocycles. The van der Waals surface area contributed by atoms with E-state index in [1.165, 1.54) is 6.33 Å². The third kappa shape index (κ3) is 3.48. The van der Waals surface area contributed by atoms with Gasteiger partial charge in [0.05, 0.1) is 24.3 Å². The largest absolute Gasteiger partial charge is 0.364 e. The molecule has 0 fully saturated rings. The number of carbonyl (C=O) groups is 1. The summed E-state index contributed by atoms with van der Waals surface area (Å²) in [5, 5.41) is 12.5. The number of hydrogen-bond acceptors (Lipinski definition) is 5. The summed E-state index contributed by atoms with van der Waals surface area (Å²) < 4.78 is 0. The van der Waals surface area contributed by atoms with Gasteiger partial charge >= 0.3 is 0 Å². The maximum absolute atomic E-state index is 13.3. The van der Waals surface area contributed by atoms with E-state index in [4.69, 9.17) is 11.6 Å². The number of carbonyl (C=O) groups excluding carboxylic acids is 1. The van der Waals surface area contributed by atoms with Crippen LogP contribution in [-0.2, 0) is 11.3 Å². The molecule has 30 heavy (non-hydrogen) atoms. The SMILES string of the molecule is O=C(Nc1cncc2ccccc12)C1CCN(Cc2ncn[nH]2)c2ccc(Cl)cc21. The van der Waals surface area contributed by atoms with Crippen LogP contribution < -0.4 is 10.2 Å². The molecule has 0 saturated carbocycles. The Morgan fingerprint density at radius 1 is 1.23 bits per heavy atom. The summed E-state index contributed by atoms with van der Waals surface area (Å²) in [5.74, 6) is 0.417. The fraction of sp³-hybridized carbons (Fsp3) is 0.182. The fourth-order valence-corrected chi connectivity index (χ4v) is 4.19. The highest BCUT2D eigenvalue weighted by Gasteiger charge is 2.31. The Morgan fingerprint density at radius 3 is 3.00 bits per heavy atom. The van der Waals surface area contributed by atoms with Crippen molar-refractivity contribution in [2.24, 2.45) is 0 Å². The molecule has 2 aromatic carbocycles. The lowest BCUT2D eigenvalue weighted by Gasteiger charge is -2.34. The molecule has 8 heteroatoms. The highest BCUT2D eigenvalue weighted by molar-refractivity contribution is 6.30. The van der Waals surface area contributed by atoms with Gasteiger partial charge in [0.2, 0.25) is 5.91 Å². The van der Waals surface area contributed by atoms with Crippen molar-refractivity contribution in [1.29, 1.82) is 0 Å². The van der Waals surface area contributed by atoms with Gasteiger partial charge in [-0.3, -0.25) is 14.9 Å². The molecule has 7 nitrogen and oxygen atoms in total. The lowest BCUT2D eigenvalue weighted by Crippen LogP contribution is -2.35. The van der Waals surface area contributed by atoms with Crippen LogP contribution in [0, 0.1) is 0 Å². The lowest BCUT2D eigenvalue weighted by atomic mass is 9.89. The lowest BCUT2D eigenvalue weighted by molar-refractivity contribution is -0.117. The zero-order valence-electron chi connectivity index (χ0n) is 16.0. The molecule has 0 spiro atoms. The number of halogens is 1. The number of hydrogen-bond donors (Lipinski definition) is 2. The first-order valence-electron chi connectivity index (χ1n) is 9.71. The molecule has 150 valence electrons. The van der Waals surface area contributed by atoms with Crippen LogP contribution in [0.5, 0.6) is 0 Å². The molecule has 0 aliphatic carbocycles. The van der Waals surface area contributed by atoms with Crippen molar-refractivity contribution >= 4 is 39.7 Å². The molecule has 5 rings (SSSR count). The van der Waals surface area contributed by atoms with Crippen LogP contribution in [0.25, 0.3) is 10.8 Å². The number of aromatic amines is 1. The topological polar surface area (TPSA) is 86.8 Å². The Morgan fingerprint density at radius 2 is 2.13 bits per heavy atom. The standard InChI is InChI=1S/C22H19ClN6O/c23-15-5-6-20-18(9-15)17(7-8-29(20)12-21-25-13-26-28-21)22(30)27-19-11-24-10-14-3-1-2-4-16(14)19/h1-6,9-11,13,17H,7-8,12H2,(H,27,30)(H,25,26,28). The maximum atomic E-state index is 13.3. The molecule has 1 atom stereocenters. The van der Waals surface area contributed by atoms with Crippen molar-refractivity contribution < 1.29 is 4.79 Å². The van der Waals surface area contributed by atoms with Crippen LogP contribution in [0.3, 0.4) is 0 Å². The van der Waals surface area contributed by atoms with Gasteiger partial charge in [-0.1, -0.05) is 35.9 Å². The van der Waals surface area contributed by atoms with Crippen LogP contribution in [0.15, 0.2) is 61.2 Å². The smallest absolute Gasteiger partial charge is 0.232 e. The number of H-pyrrole nitrogens is 1. The Kier molecular flexibility index (Phi) is 4.80. The predicted molar refractivity (Wildman–Crippen MR) is 117 cm³/mol. The van der Waals surface area contributed by atoms with E-state index in [0.29, 0.717) is 23.7 Å². The van der Waals surface area contributed by atoms with Crippen LogP contribution in [0.4, 0.5) is 11.4 Å². The van der Waals surface area contributed by atoms with Crippen molar-refractivity contribution in [3.8, 4) is 0 Å². The summed E-state index contributed by atoms with van der Waals surface area (Å²) >= 11 is 6.29. The van der Waals surface area contributed by atoms with E-state index in [2.05, 4.69) is 30.4 Å². The molecular weight excluding hydrogens is 400 g/mol. The molecule has 2 aromatic heterocycles. The first kappa shape index (κ1) is 18.6. The van der Waals surface area contributed by atoms with E-state index in [1.807, 2.05) is 42.5 Å². The number of rotatable bonds is 4. The van der Waals surface area contributed by atoms with Crippen molar-refractivity contribution in [2.45, 2.75) is 18.9 Å². The average molecular weight is 419 g/mol. The number of nitrogens with one attached hydrogen (secondary N) is 2. The van der Waals surface area contributed by atoms with Gasteiger partial charge in [0.25, 0.3) is 0 Å². The van der Waals surface area contributed by atoms with Gasteiger partial charge in [-0.2, -0.15) is 5.10 Å². The summed E-state index contributed by atoms with van der Waals surface area (Å²) in [4.78, 5) is 24.0. The van der Waals surface area contributed by atoms with Crippen molar-refractivity contribution in [1.82, 2.24) is 20.2 Å². The van der Waals surface area contributed by atoms with E-state index in [9.17, 15) is 4.79 Å². The molecular formula is C22H19ClN6O. The summed E-state index contributed by atoms with van der Waals surface area (Å²) in [5.41, 5.74) is 2.61. The number of fused-ring (bicyclic) bond motifs is 2. The third-order valence-corrected chi connectivity index (χ3v) is 5.68. The van der Waals surface area contributed by atoms with Gasteiger partial charge in [-0.25, -0.2) is 4.98 Å². The summed E-state index contributed by atoms with van der Waals surface area (Å²) in [7, 11) is 0. The number of pyridine rings is 1. The monoisotopic (exact) mass is 418 g/mol. The Hall–Kier alpha value is -3.45. The first-order chi connectivity index (χ1) is 14.7. The molecule has 0 bridgehead atoms. The molecule has 1 amide bonds. The molecule has 1 aliphatic heterocycles. The van der Waals surface area contributed by atoms with Crippen molar-refractivity contribution in [3.05, 3.63) is 77.6 Å². The number of amides is 1. The van der Waals surface area contributed by atoms with Crippen LogP contribution >= 0.6 is 11.6 Å². The molecule has 1 aliphatic rings. The van der Waals surface area contributed by atoms with Gasteiger partial charge < -0.3 is 10.2 Å². The van der Waals surface area contributed by atoms with Gasteiger partial charge in [0.1, 0.15) is 12.2 Å². The van der Waals surface area contributed by atoms with Gasteiger partial charge in [-0.15, -0.1) is 0 Å². The normalized spacial score (nSPS) is 15.8. The Bertz CT molecular complexity index is 1200. The molecule has 2 N–H and O–H groups in total. The summed E-state index contributed by atoms with van der Waals surface area (Å²) in [6.07, 6.45) is 5.65. The van der Waals surface area contributed by atoms with Crippen molar-refractivity contribution in [2.75, 3.05) is 16.8 Å². The maximum Gasteiger partial charge on any atom is 0.232 e. The number of benzene rings is 2. The van der Waals surface area contributed by atoms with Crippen LogP contribution in [0.2, 0.25) is 5.02 Å². The number of nitrogens with zero attached hydrogens (tertiary/aromatic N) is 4. The second kappa shape index (κ2) is 7.76. The minimum Gasteiger partial charge on any atom is -0.364 e. The summed E-state index contributed by atoms with van der Waals surface area (Å²) in [6.45, 7) is 1.32. The van der Waals surface area contributed by atoms with E-state index in [-0.39, 0.29) is 11.8 Å². The summed E-state index contributed by atoms with van der Waals surface area (Å²) in [6, 6.07) is 13.6. The minimum atomic E-state index is -0.302. The van der Waals surface area contributed by atoms with Gasteiger partial charge in [-0.05, 0) is 30.2 Å². The van der Waals surface area contributed by atoms with Crippen LogP contribution in [-0.4, -0.2) is 32.6 Å². The second-order valence-electron chi connectivity index (χ2n) is 7.30. The first-order valence-corrected chi connectivity index (χ1v) is 10.1.